The van der Waals surface area contributed by atoms with Gasteiger partial charge in [-0.05, 0) is 32.1 Å². The third kappa shape index (κ3) is 32.0. The predicted octanol–water partition coefficient (Wildman–Crippen LogP) is 10.6. The number of unbranched alkanes of at least 4 members (excludes halogenated alkanes) is 29. The summed E-state index contributed by atoms with van der Waals surface area (Å²) >= 11 is 0. The number of phosphoric acid groups is 1. The Morgan fingerprint density at radius 2 is 0.825 bits per heavy atom. The van der Waals surface area contributed by atoms with Crippen LogP contribution in [0.2, 0.25) is 0 Å². The Balaban J connectivity index is 2.36. The Hall–Kier alpha value is -1.41. The van der Waals surface area contributed by atoms with Crippen molar-refractivity contribution in [2.24, 2.45) is 0 Å². The Bertz CT molecular complexity index is 1160. The Morgan fingerprint density at radius 1 is 0.476 bits per heavy atom. The van der Waals surface area contributed by atoms with Gasteiger partial charge in [-0.2, -0.15) is 0 Å². The van der Waals surface area contributed by atoms with Gasteiger partial charge in [-0.3, -0.25) is 18.6 Å². The number of carbonyl (C=O) groups is 2. The molecule has 372 valence electrons. The summed E-state index contributed by atoms with van der Waals surface area (Å²) < 4.78 is 33.5. The normalized spacial score (nSPS) is 21.7. The van der Waals surface area contributed by atoms with E-state index in [2.05, 4.69) is 26.0 Å². The van der Waals surface area contributed by atoms with Crippen molar-refractivity contribution in [2.45, 2.75) is 275 Å². The quantitative estimate of drug-likeness (QED) is 0.0146. The van der Waals surface area contributed by atoms with Crippen molar-refractivity contribution >= 4 is 19.8 Å². The molecular weight excluding hydrogens is 828 g/mol. The zero-order valence-corrected chi connectivity index (χ0v) is 40.5. The Labute approximate surface area is 382 Å². The molecule has 6 unspecified atom stereocenters. The number of aliphatic hydroxyl groups excluding tert-OH is 5. The van der Waals surface area contributed by atoms with Crippen LogP contribution in [0.15, 0.2) is 12.2 Å². The second-order valence-corrected chi connectivity index (χ2v) is 19.4. The molecule has 1 rings (SSSR count). The van der Waals surface area contributed by atoms with E-state index in [1.807, 2.05) is 0 Å². The third-order valence-electron chi connectivity index (χ3n) is 12.1. The number of ether oxygens (including phenoxy) is 2. The molecule has 1 fully saturated rings. The summed E-state index contributed by atoms with van der Waals surface area (Å²) in [6, 6.07) is 0. The molecule has 0 radical (unpaired) electrons. The number of hydrogen-bond acceptors (Lipinski definition) is 12. The van der Waals surface area contributed by atoms with E-state index in [4.69, 9.17) is 18.5 Å². The minimum absolute atomic E-state index is 0.0541. The molecule has 6 N–H and O–H groups in total. The maximum atomic E-state index is 12.8. The van der Waals surface area contributed by atoms with Gasteiger partial charge in [0.2, 0.25) is 0 Å². The van der Waals surface area contributed by atoms with Crippen LogP contribution in [0.4, 0.5) is 0 Å². The smallest absolute Gasteiger partial charge is 0.462 e. The second kappa shape index (κ2) is 39.7. The van der Waals surface area contributed by atoms with E-state index < -0.39 is 75.7 Å². The van der Waals surface area contributed by atoms with Gasteiger partial charge < -0.3 is 39.9 Å². The molecule has 1 aliphatic carbocycles. The number of hydrogen-bond donors (Lipinski definition) is 6. The topological polar surface area (TPSA) is 210 Å². The minimum Gasteiger partial charge on any atom is -0.462 e. The summed E-state index contributed by atoms with van der Waals surface area (Å²) in [5, 5.41) is 50.2. The average molecular weight is 921 g/mol. The molecule has 0 aliphatic heterocycles. The lowest BCUT2D eigenvalue weighted by Gasteiger charge is -2.41. The lowest BCUT2D eigenvalue weighted by Crippen LogP contribution is -2.64. The van der Waals surface area contributed by atoms with Crippen LogP contribution in [0, 0.1) is 0 Å². The van der Waals surface area contributed by atoms with Crippen LogP contribution in [-0.4, -0.2) is 98.3 Å². The van der Waals surface area contributed by atoms with Crippen LogP contribution in [-0.2, 0) is 32.7 Å². The fourth-order valence-corrected chi connectivity index (χ4v) is 8.97. The fraction of sp³-hybridized carbons (Fsp3) is 0.918. The number of phosphoric ester groups is 1. The summed E-state index contributed by atoms with van der Waals surface area (Å²) in [5.41, 5.74) is 0. The number of allylic oxidation sites excluding steroid dienone is 2. The molecule has 0 amide bonds. The van der Waals surface area contributed by atoms with Gasteiger partial charge >= 0.3 is 19.8 Å². The zero-order chi connectivity index (χ0) is 46.4. The van der Waals surface area contributed by atoms with E-state index in [-0.39, 0.29) is 12.8 Å². The van der Waals surface area contributed by atoms with Gasteiger partial charge in [0.25, 0.3) is 0 Å². The van der Waals surface area contributed by atoms with E-state index in [0.717, 1.165) is 32.1 Å². The van der Waals surface area contributed by atoms with Crippen LogP contribution < -0.4 is 0 Å². The lowest BCUT2D eigenvalue weighted by atomic mass is 9.85. The van der Waals surface area contributed by atoms with E-state index in [1.165, 1.54) is 154 Å². The molecule has 14 heteroatoms. The van der Waals surface area contributed by atoms with Crippen LogP contribution in [0.3, 0.4) is 0 Å². The van der Waals surface area contributed by atoms with Crippen molar-refractivity contribution in [1.29, 1.82) is 0 Å². The number of aliphatic hydroxyl groups is 5. The summed E-state index contributed by atoms with van der Waals surface area (Å²) in [6.07, 6.45) is 30.0. The molecule has 63 heavy (non-hydrogen) atoms. The molecule has 13 nitrogen and oxygen atoms in total. The van der Waals surface area contributed by atoms with Gasteiger partial charge in [0, 0.05) is 12.8 Å². The highest BCUT2D eigenvalue weighted by atomic mass is 31.2. The Kier molecular flexibility index (Phi) is 37.6. The van der Waals surface area contributed by atoms with E-state index in [0.29, 0.717) is 19.3 Å². The standard InChI is InChI=1S/C49H93O13P/c1-3-5-7-9-11-13-15-16-17-18-19-20-21-22-23-24-25-26-28-30-32-34-36-38-43(51)61-41(39-59-42(50)37-35-33-31-29-27-14-12-10-8-6-4-2)40-60-63(57,58)62-49-47(55)45(53)44(52)46(54)48(49)56/h30,32,41,44-49,52-56H,3-29,31,33-40H2,1-2H3,(H,57,58)/b32-30+/t41-,44?,45-,46?,47?,48?,49?/m1/s1. The monoisotopic (exact) mass is 921 g/mol. The van der Waals surface area contributed by atoms with E-state index in [9.17, 15) is 44.6 Å². The summed E-state index contributed by atoms with van der Waals surface area (Å²) in [4.78, 5) is 35.7. The predicted molar refractivity (Wildman–Crippen MR) is 249 cm³/mol. The van der Waals surface area contributed by atoms with E-state index >= 15 is 0 Å². The van der Waals surface area contributed by atoms with Crippen molar-refractivity contribution in [3.05, 3.63) is 12.2 Å². The lowest BCUT2D eigenvalue weighted by molar-refractivity contribution is -0.220. The SMILES string of the molecule is CCCCCCCCCCCCCCCCCCCC/C=C/CCCC(=O)O[C@H](COC(=O)CCCCCCCCCCCCC)COP(=O)(O)OC1C(O)C(O)C(O)[C@@H](O)C1O. The van der Waals surface area contributed by atoms with Gasteiger partial charge in [-0.15, -0.1) is 0 Å². The minimum atomic E-state index is -5.12. The largest absolute Gasteiger partial charge is 0.472 e. The molecule has 8 atom stereocenters. The van der Waals surface area contributed by atoms with Gasteiger partial charge in [-0.1, -0.05) is 199 Å². The average Bonchev–Trinajstić information content (AvgIpc) is 3.26. The highest BCUT2D eigenvalue weighted by Gasteiger charge is 2.51. The van der Waals surface area contributed by atoms with Crippen molar-refractivity contribution < 1.29 is 63.1 Å². The summed E-state index contributed by atoms with van der Waals surface area (Å²) in [5.74, 6) is -1.13. The summed E-state index contributed by atoms with van der Waals surface area (Å²) in [7, 11) is -5.12. The first kappa shape index (κ1) is 59.6. The first-order chi connectivity index (χ1) is 30.4. The van der Waals surface area contributed by atoms with Gasteiger partial charge in [0.05, 0.1) is 6.61 Å². The molecular formula is C49H93O13P. The molecule has 1 aliphatic rings. The van der Waals surface area contributed by atoms with Crippen LogP contribution in [0.1, 0.15) is 232 Å². The fourth-order valence-electron chi connectivity index (χ4n) is 8.00. The number of carbonyl (C=O) groups excluding carboxylic acids is 2. The first-order valence-corrected chi connectivity index (χ1v) is 27.0. The van der Waals surface area contributed by atoms with Crippen LogP contribution in [0.25, 0.3) is 0 Å². The molecule has 0 spiro atoms. The van der Waals surface area contributed by atoms with Crippen LogP contribution in [0.5, 0.6) is 0 Å². The van der Waals surface area contributed by atoms with E-state index in [1.54, 1.807) is 0 Å². The van der Waals surface area contributed by atoms with Crippen molar-refractivity contribution in [3.8, 4) is 0 Å². The zero-order valence-electron chi connectivity index (χ0n) is 39.6. The molecule has 1 saturated carbocycles. The molecule has 0 heterocycles. The van der Waals surface area contributed by atoms with Crippen molar-refractivity contribution in [2.75, 3.05) is 13.2 Å². The summed E-state index contributed by atoms with van der Waals surface area (Å²) in [6.45, 7) is 3.30. The maximum Gasteiger partial charge on any atom is 0.472 e. The molecule has 0 aromatic carbocycles. The molecule has 0 aromatic heterocycles. The Morgan fingerprint density at radius 3 is 1.25 bits per heavy atom. The maximum absolute atomic E-state index is 12.8. The van der Waals surface area contributed by atoms with Crippen molar-refractivity contribution in [1.82, 2.24) is 0 Å². The van der Waals surface area contributed by atoms with Gasteiger partial charge in [0.1, 0.15) is 43.2 Å². The molecule has 0 aromatic rings. The number of esters is 2. The third-order valence-corrected chi connectivity index (χ3v) is 13.1. The molecule has 0 bridgehead atoms. The highest BCUT2D eigenvalue weighted by molar-refractivity contribution is 7.47. The van der Waals surface area contributed by atoms with Crippen LogP contribution >= 0.6 is 7.82 Å². The van der Waals surface area contributed by atoms with Gasteiger partial charge in [0.15, 0.2) is 6.10 Å². The first-order valence-electron chi connectivity index (χ1n) is 25.5. The van der Waals surface area contributed by atoms with Gasteiger partial charge in [-0.25, -0.2) is 4.57 Å². The number of rotatable bonds is 43. The van der Waals surface area contributed by atoms with Crippen molar-refractivity contribution in [3.63, 3.8) is 0 Å². The second-order valence-electron chi connectivity index (χ2n) is 18.0. The molecule has 0 saturated heterocycles. The highest BCUT2D eigenvalue weighted by Crippen LogP contribution is 2.47.